The quantitative estimate of drug-likeness (QED) is 0.702. The van der Waals surface area contributed by atoms with Gasteiger partial charge in [-0.15, -0.1) is 0 Å². The lowest BCUT2D eigenvalue weighted by Gasteiger charge is -2.22. The predicted molar refractivity (Wildman–Crippen MR) is 111 cm³/mol. The first-order chi connectivity index (χ1) is 14.0. The number of aryl methyl sites for hydroxylation is 1. The van der Waals surface area contributed by atoms with Crippen LogP contribution in [0.4, 0.5) is 0 Å². The average molecular weight is 413 g/mol. The molecule has 8 heteroatoms. The van der Waals surface area contributed by atoms with Gasteiger partial charge in [0.15, 0.2) is 0 Å². The number of hydrogen-bond donors (Lipinski definition) is 1. The molecule has 0 saturated carbocycles. The monoisotopic (exact) mass is 412 g/mol. The molecule has 1 aliphatic rings. The first kappa shape index (κ1) is 19.3. The lowest BCUT2D eigenvalue weighted by Crippen LogP contribution is -2.37. The summed E-state index contributed by atoms with van der Waals surface area (Å²) < 4.78 is 1.51. The molecule has 7 nitrogen and oxygen atoms in total. The molecule has 0 atom stereocenters. The van der Waals surface area contributed by atoms with Crippen LogP contribution in [0.15, 0.2) is 47.3 Å². The molecule has 2 amide bonds. The highest BCUT2D eigenvalue weighted by Crippen LogP contribution is 2.19. The van der Waals surface area contributed by atoms with Gasteiger partial charge in [-0.25, -0.2) is 4.79 Å². The number of H-pyrrole nitrogens is 1. The van der Waals surface area contributed by atoms with E-state index in [0.717, 1.165) is 5.52 Å². The largest absolute Gasteiger partial charge is 0.337 e. The van der Waals surface area contributed by atoms with E-state index in [9.17, 15) is 14.4 Å². The van der Waals surface area contributed by atoms with Crippen molar-refractivity contribution in [2.75, 3.05) is 26.2 Å². The van der Waals surface area contributed by atoms with Gasteiger partial charge in [-0.3, -0.25) is 14.2 Å². The van der Waals surface area contributed by atoms with Gasteiger partial charge in [0, 0.05) is 38.8 Å². The summed E-state index contributed by atoms with van der Waals surface area (Å²) in [5.74, 6) is -0.225. The Morgan fingerprint density at radius 2 is 1.66 bits per heavy atom. The Bertz CT molecular complexity index is 1150. The van der Waals surface area contributed by atoms with E-state index in [2.05, 4.69) is 4.98 Å². The standard InChI is InChI=1S/C21H21ClN4O3/c1-24-18-8-7-14(13-17(18)23-21(24)29)19(27)25-9-4-10-26(12-11-25)20(28)15-5-2-3-6-16(15)22/h2-3,5-8,13H,4,9-12H2,1H3,(H,23,29). The fraction of sp³-hybridized carbons (Fsp3) is 0.286. The summed E-state index contributed by atoms with van der Waals surface area (Å²) in [7, 11) is 1.68. The Kier molecular flexibility index (Phi) is 5.15. The van der Waals surface area contributed by atoms with Gasteiger partial charge in [-0.2, -0.15) is 0 Å². The zero-order chi connectivity index (χ0) is 20.5. The van der Waals surface area contributed by atoms with Gasteiger partial charge in [0.2, 0.25) is 0 Å². The van der Waals surface area contributed by atoms with Crippen molar-refractivity contribution in [3.05, 3.63) is 69.1 Å². The van der Waals surface area contributed by atoms with Crippen LogP contribution in [-0.2, 0) is 7.05 Å². The molecule has 0 spiro atoms. The molecule has 0 aliphatic carbocycles. The van der Waals surface area contributed by atoms with Crippen molar-refractivity contribution in [3.8, 4) is 0 Å². The van der Waals surface area contributed by atoms with Crippen molar-refractivity contribution < 1.29 is 9.59 Å². The van der Waals surface area contributed by atoms with Crippen LogP contribution in [0.5, 0.6) is 0 Å². The van der Waals surface area contributed by atoms with E-state index in [1.54, 1.807) is 59.3 Å². The molecule has 1 aromatic heterocycles. The second-order valence-corrected chi connectivity index (χ2v) is 7.55. The highest BCUT2D eigenvalue weighted by atomic mass is 35.5. The number of aromatic nitrogens is 2. The van der Waals surface area contributed by atoms with Crippen molar-refractivity contribution in [2.24, 2.45) is 7.05 Å². The molecule has 0 bridgehead atoms. The van der Waals surface area contributed by atoms with E-state index in [1.165, 1.54) is 4.57 Å². The Hall–Kier alpha value is -3.06. The SMILES string of the molecule is Cn1c(=O)[nH]c2cc(C(=O)N3CCCN(C(=O)c4ccccc4Cl)CC3)ccc21. The molecule has 1 saturated heterocycles. The summed E-state index contributed by atoms with van der Waals surface area (Å²) in [5, 5.41) is 0.430. The van der Waals surface area contributed by atoms with Gasteiger partial charge >= 0.3 is 5.69 Å². The maximum atomic E-state index is 13.0. The van der Waals surface area contributed by atoms with Crippen LogP contribution in [0.25, 0.3) is 11.0 Å². The first-order valence-corrected chi connectivity index (χ1v) is 9.85. The van der Waals surface area contributed by atoms with E-state index in [4.69, 9.17) is 11.6 Å². The number of nitrogens with one attached hydrogen (secondary N) is 1. The lowest BCUT2D eigenvalue weighted by molar-refractivity contribution is 0.0719. The van der Waals surface area contributed by atoms with Crippen molar-refractivity contribution in [3.63, 3.8) is 0 Å². The molecule has 150 valence electrons. The van der Waals surface area contributed by atoms with Crippen LogP contribution in [0, 0.1) is 0 Å². The third-order valence-corrected chi connectivity index (χ3v) is 5.66. The topological polar surface area (TPSA) is 78.4 Å². The van der Waals surface area contributed by atoms with Crippen molar-refractivity contribution >= 4 is 34.4 Å². The Balaban J connectivity index is 1.49. The van der Waals surface area contributed by atoms with Crippen molar-refractivity contribution in [2.45, 2.75) is 6.42 Å². The second-order valence-electron chi connectivity index (χ2n) is 7.14. The fourth-order valence-electron chi connectivity index (χ4n) is 3.68. The number of aromatic amines is 1. The van der Waals surface area contributed by atoms with Crippen LogP contribution in [0.1, 0.15) is 27.1 Å². The molecule has 0 unspecified atom stereocenters. The number of hydrogen-bond acceptors (Lipinski definition) is 3. The normalized spacial score (nSPS) is 14.8. The maximum absolute atomic E-state index is 13.0. The zero-order valence-electron chi connectivity index (χ0n) is 16.0. The van der Waals surface area contributed by atoms with Crippen LogP contribution in [-0.4, -0.2) is 57.3 Å². The van der Waals surface area contributed by atoms with Crippen LogP contribution in [0.2, 0.25) is 5.02 Å². The number of halogens is 1. The molecule has 0 radical (unpaired) electrons. The first-order valence-electron chi connectivity index (χ1n) is 9.47. The molecular formula is C21H21ClN4O3. The molecule has 1 fully saturated rings. The molecule has 3 aromatic rings. The number of amides is 2. The molecule has 2 heterocycles. The summed E-state index contributed by atoms with van der Waals surface area (Å²) >= 11 is 6.16. The Labute approximate surface area is 172 Å². The van der Waals surface area contributed by atoms with Crippen LogP contribution >= 0.6 is 11.6 Å². The zero-order valence-corrected chi connectivity index (χ0v) is 16.8. The molecule has 1 N–H and O–H groups in total. The molecule has 2 aromatic carbocycles. The maximum Gasteiger partial charge on any atom is 0.326 e. The second kappa shape index (κ2) is 7.75. The lowest BCUT2D eigenvalue weighted by atomic mass is 10.1. The van der Waals surface area contributed by atoms with Gasteiger partial charge in [-0.1, -0.05) is 23.7 Å². The smallest absolute Gasteiger partial charge is 0.326 e. The minimum absolute atomic E-state index is 0.108. The van der Waals surface area contributed by atoms with E-state index in [1.807, 2.05) is 0 Å². The number of carbonyl (C=O) groups excluding carboxylic acids is 2. The summed E-state index contributed by atoms with van der Waals surface area (Å²) in [6.45, 7) is 2.02. The van der Waals surface area contributed by atoms with E-state index >= 15 is 0 Å². The van der Waals surface area contributed by atoms with Gasteiger partial charge < -0.3 is 14.8 Å². The highest BCUT2D eigenvalue weighted by molar-refractivity contribution is 6.33. The van der Waals surface area contributed by atoms with Gasteiger partial charge in [0.1, 0.15) is 0 Å². The minimum atomic E-state index is -0.215. The number of benzene rings is 2. The third kappa shape index (κ3) is 3.65. The summed E-state index contributed by atoms with van der Waals surface area (Å²) in [5.41, 5.74) is 2.17. The Morgan fingerprint density at radius 3 is 2.38 bits per heavy atom. The van der Waals surface area contributed by atoms with Gasteiger partial charge in [0.05, 0.1) is 21.6 Å². The van der Waals surface area contributed by atoms with Gasteiger partial charge in [0.25, 0.3) is 11.8 Å². The third-order valence-electron chi connectivity index (χ3n) is 5.33. The van der Waals surface area contributed by atoms with Crippen LogP contribution in [0.3, 0.4) is 0 Å². The van der Waals surface area contributed by atoms with Gasteiger partial charge in [-0.05, 0) is 36.8 Å². The molecule has 1 aliphatic heterocycles. The number of rotatable bonds is 2. The molecule has 29 heavy (non-hydrogen) atoms. The van der Waals surface area contributed by atoms with Crippen molar-refractivity contribution in [1.82, 2.24) is 19.4 Å². The summed E-state index contributed by atoms with van der Waals surface area (Å²) in [4.78, 5) is 43.8. The number of fused-ring (bicyclic) bond motifs is 1. The number of imidazole rings is 1. The summed E-state index contributed by atoms with van der Waals surface area (Å²) in [6.07, 6.45) is 0.687. The predicted octanol–water partition coefficient (Wildman–Crippen LogP) is 2.51. The average Bonchev–Trinajstić information content (AvgIpc) is 2.89. The van der Waals surface area contributed by atoms with E-state index in [0.29, 0.717) is 54.3 Å². The molecular weight excluding hydrogens is 392 g/mol. The number of carbonyl (C=O) groups is 2. The minimum Gasteiger partial charge on any atom is -0.337 e. The number of nitrogens with zero attached hydrogens (tertiary/aromatic N) is 3. The van der Waals surface area contributed by atoms with E-state index in [-0.39, 0.29) is 17.5 Å². The summed E-state index contributed by atoms with van der Waals surface area (Å²) in [6, 6.07) is 12.2. The molecule has 4 rings (SSSR count). The fourth-order valence-corrected chi connectivity index (χ4v) is 3.90. The Morgan fingerprint density at radius 1 is 0.966 bits per heavy atom. The highest BCUT2D eigenvalue weighted by Gasteiger charge is 2.24. The van der Waals surface area contributed by atoms with E-state index < -0.39 is 0 Å². The van der Waals surface area contributed by atoms with Crippen LogP contribution < -0.4 is 5.69 Å². The van der Waals surface area contributed by atoms with Crippen molar-refractivity contribution in [1.29, 1.82) is 0 Å².